The van der Waals surface area contributed by atoms with Gasteiger partial charge in [-0.25, -0.2) is 9.59 Å². The van der Waals surface area contributed by atoms with Crippen LogP contribution in [-0.4, -0.2) is 5.97 Å². The van der Waals surface area contributed by atoms with Crippen LogP contribution in [0.25, 0.3) is 21.4 Å². The zero-order valence-corrected chi connectivity index (χ0v) is 14.1. The van der Waals surface area contributed by atoms with Crippen LogP contribution in [-0.2, 0) is 0 Å². The van der Waals surface area contributed by atoms with Crippen molar-refractivity contribution in [1.82, 2.24) is 0 Å². The summed E-state index contributed by atoms with van der Waals surface area (Å²) >= 11 is 6.87. The third-order valence-corrected chi connectivity index (χ3v) is 4.52. The first kappa shape index (κ1) is 15.7. The van der Waals surface area contributed by atoms with E-state index in [1.807, 2.05) is 0 Å². The van der Waals surface area contributed by atoms with Gasteiger partial charge in [0.2, 0.25) is 5.76 Å². The van der Waals surface area contributed by atoms with Gasteiger partial charge in [-0.15, -0.1) is 0 Å². The normalized spacial score (nSPS) is 10.9. The fraction of sp³-hybridized carbons (Fsp3) is 0. The third kappa shape index (κ3) is 3.09. The maximum Gasteiger partial charge on any atom is 0.396 e. The highest BCUT2D eigenvalue weighted by atomic mass is 35.5. The summed E-state index contributed by atoms with van der Waals surface area (Å²) in [5.41, 5.74) is 1.86. The Hall–Kier alpha value is -2.83. The van der Waals surface area contributed by atoms with E-state index in [1.165, 1.54) is 12.3 Å². The predicted molar refractivity (Wildman–Crippen MR) is 94.5 cm³/mol. The summed E-state index contributed by atoms with van der Waals surface area (Å²) in [6, 6.07) is 13.4. The van der Waals surface area contributed by atoms with E-state index in [4.69, 9.17) is 25.2 Å². The molecule has 0 aliphatic rings. The van der Waals surface area contributed by atoms with Crippen LogP contribution in [0.15, 0.2) is 68.4 Å². The molecule has 2 aromatic heterocycles. The quantitative estimate of drug-likeness (QED) is 0.374. The zero-order chi connectivity index (χ0) is 17.4. The Balaban J connectivity index is 1.82. The smallest absolute Gasteiger partial charge is 0.396 e. The molecule has 0 saturated heterocycles. The molecule has 0 N–H and O–H groups in total. The number of fused-ring (bicyclic) bond motifs is 1. The fourth-order valence-electron chi connectivity index (χ4n) is 2.41. The van der Waals surface area contributed by atoms with Gasteiger partial charge >= 0.3 is 10.9 Å². The topological polar surface area (TPSA) is 69.7 Å². The largest absolute Gasteiger partial charge is 0.457 e. The van der Waals surface area contributed by atoms with Crippen molar-refractivity contribution in [3.05, 3.63) is 75.3 Å². The van der Waals surface area contributed by atoms with Gasteiger partial charge in [0.1, 0.15) is 5.75 Å². The molecule has 0 fully saturated rings. The lowest BCUT2D eigenvalue weighted by Crippen LogP contribution is -2.07. The lowest BCUT2D eigenvalue weighted by Gasteiger charge is -2.07. The number of esters is 1. The number of ether oxygens (including phenoxy) is 1. The molecule has 0 bridgehead atoms. The molecule has 0 unspecified atom stereocenters. The van der Waals surface area contributed by atoms with Crippen molar-refractivity contribution in [3.63, 3.8) is 0 Å². The van der Waals surface area contributed by atoms with Gasteiger partial charge in [0, 0.05) is 16.7 Å². The van der Waals surface area contributed by atoms with Gasteiger partial charge in [0.25, 0.3) is 0 Å². The number of furan rings is 1. The summed E-state index contributed by atoms with van der Waals surface area (Å²) in [4.78, 5) is 23.3. The van der Waals surface area contributed by atoms with Crippen molar-refractivity contribution in [2.75, 3.05) is 0 Å². The molecular formula is C18H9ClO5S. The average molecular weight is 373 g/mol. The van der Waals surface area contributed by atoms with Crippen LogP contribution in [0.4, 0.5) is 0 Å². The lowest BCUT2D eigenvalue weighted by atomic mass is 10.0. The highest BCUT2D eigenvalue weighted by Gasteiger charge is 2.16. The molecule has 2 heterocycles. The monoisotopic (exact) mass is 372 g/mol. The molecule has 2 aromatic carbocycles. The Bertz CT molecular complexity index is 1110. The van der Waals surface area contributed by atoms with Crippen molar-refractivity contribution in [1.29, 1.82) is 0 Å². The van der Waals surface area contributed by atoms with E-state index in [0.29, 0.717) is 20.9 Å². The summed E-state index contributed by atoms with van der Waals surface area (Å²) < 4.78 is 16.3. The number of carbonyl (C=O) groups excluding carboxylic acids is 1. The average Bonchev–Trinajstić information content (AvgIpc) is 3.23. The van der Waals surface area contributed by atoms with Gasteiger partial charge < -0.3 is 13.6 Å². The number of rotatable bonds is 3. The summed E-state index contributed by atoms with van der Waals surface area (Å²) in [6.07, 6.45) is 1.39. The molecule has 7 heteroatoms. The molecule has 0 aliphatic heterocycles. The molecule has 0 radical (unpaired) electrons. The highest BCUT2D eigenvalue weighted by molar-refractivity contribution is 7.16. The van der Waals surface area contributed by atoms with Gasteiger partial charge in [-0.1, -0.05) is 35.1 Å². The highest BCUT2D eigenvalue weighted by Crippen LogP contribution is 2.35. The maximum atomic E-state index is 12.1. The second kappa shape index (κ2) is 6.23. The van der Waals surface area contributed by atoms with E-state index < -0.39 is 10.9 Å². The van der Waals surface area contributed by atoms with E-state index >= 15 is 0 Å². The number of hydrogen-bond acceptors (Lipinski definition) is 6. The molecule has 0 saturated carbocycles. The second-order valence-corrected chi connectivity index (χ2v) is 6.54. The van der Waals surface area contributed by atoms with Gasteiger partial charge in [0.15, 0.2) is 5.58 Å². The summed E-state index contributed by atoms with van der Waals surface area (Å²) in [6.45, 7) is 0. The van der Waals surface area contributed by atoms with Gasteiger partial charge in [-0.05, 0) is 35.9 Å². The Morgan fingerprint density at radius 1 is 1.12 bits per heavy atom. The van der Waals surface area contributed by atoms with Crippen LogP contribution in [0, 0.1) is 0 Å². The van der Waals surface area contributed by atoms with Crippen LogP contribution < -0.4 is 9.68 Å². The Labute approximate surface area is 150 Å². The minimum absolute atomic E-state index is 0.0912. The van der Waals surface area contributed by atoms with Crippen LogP contribution >= 0.6 is 22.9 Å². The molecule has 4 aromatic rings. The van der Waals surface area contributed by atoms with Crippen molar-refractivity contribution >= 4 is 39.2 Å². The first-order chi connectivity index (χ1) is 12.1. The third-order valence-electron chi connectivity index (χ3n) is 3.50. The number of benzene rings is 2. The number of halogens is 1. The number of hydrogen-bond donors (Lipinski definition) is 0. The van der Waals surface area contributed by atoms with Gasteiger partial charge in [-0.2, -0.15) is 0 Å². The molecule has 0 spiro atoms. The van der Waals surface area contributed by atoms with Gasteiger partial charge in [-0.3, -0.25) is 0 Å². The zero-order valence-electron chi connectivity index (χ0n) is 12.5. The fourth-order valence-corrected chi connectivity index (χ4v) is 3.26. The van der Waals surface area contributed by atoms with Crippen molar-refractivity contribution < 1.29 is 18.4 Å². The second-order valence-electron chi connectivity index (χ2n) is 5.13. The molecule has 5 nitrogen and oxygen atoms in total. The molecule has 124 valence electrons. The first-order valence-electron chi connectivity index (χ1n) is 7.19. The van der Waals surface area contributed by atoms with E-state index in [9.17, 15) is 9.59 Å². The Kier molecular flexibility index (Phi) is 3.91. The van der Waals surface area contributed by atoms with Gasteiger partial charge in [0.05, 0.1) is 11.0 Å². The van der Waals surface area contributed by atoms with E-state index in [-0.39, 0.29) is 11.5 Å². The van der Waals surface area contributed by atoms with E-state index in [1.54, 1.807) is 42.5 Å². The first-order valence-corrected chi connectivity index (χ1v) is 8.39. The molecule has 0 amide bonds. The molecule has 0 aliphatic carbocycles. The lowest BCUT2D eigenvalue weighted by molar-refractivity contribution is 0.0701. The van der Waals surface area contributed by atoms with Crippen LogP contribution in [0.3, 0.4) is 0 Å². The number of carbonyl (C=O) groups is 1. The van der Waals surface area contributed by atoms with E-state index in [0.717, 1.165) is 16.9 Å². The van der Waals surface area contributed by atoms with Crippen LogP contribution in [0.2, 0.25) is 5.02 Å². The van der Waals surface area contributed by atoms with Crippen LogP contribution in [0.1, 0.15) is 10.6 Å². The van der Waals surface area contributed by atoms with Crippen molar-refractivity contribution in [3.8, 4) is 16.9 Å². The molecule has 4 rings (SSSR count). The molecule has 25 heavy (non-hydrogen) atoms. The maximum absolute atomic E-state index is 12.1. The Morgan fingerprint density at radius 2 is 1.92 bits per heavy atom. The minimum atomic E-state index is -0.623. The Morgan fingerprint density at radius 3 is 2.64 bits per heavy atom. The van der Waals surface area contributed by atoms with Crippen LogP contribution in [0.5, 0.6) is 5.75 Å². The summed E-state index contributed by atoms with van der Waals surface area (Å²) in [5.74, 6) is -0.244. The minimum Gasteiger partial charge on any atom is -0.457 e. The van der Waals surface area contributed by atoms with Crippen molar-refractivity contribution in [2.24, 2.45) is 0 Å². The summed E-state index contributed by atoms with van der Waals surface area (Å²) in [7, 11) is 0. The molecular weight excluding hydrogens is 364 g/mol. The van der Waals surface area contributed by atoms with E-state index in [2.05, 4.69) is 0 Å². The standard InChI is InChI=1S/C18H9ClO5S/c19-11-5-3-10(4-6-11)13-8-12(9-15-16(13)24-18(21)25-15)23-17(20)14-2-1-7-22-14/h1-9H. The predicted octanol–water partition coefficient (Wildman–Crippen LogP) is 4.99. The SMILES string of the molecule is O=C(Oc1cc(-c2ccc(Cl)cc2)c2oc(=O)sc2c1)c1ccco1. The van der Waals surface area contributed by atoms with Crippen molar-refractivity contribution in [2.45, 2.75) is 0 Å². The summed E-state index contributed by atoms with van der Waals surface area (Å²) in [5, 5.41) is 0.590. The molecule has 0 atom stereocenters.